The van der Waals surface area contributed by atoms with E-state index < -0.39 is 0 Å². The Bertz CT molecular complexity index is 958. The summed E-state index contributed by atoms with van der Waals surface area (Å²) in [5.74, 6) is 1.92. The van der Waals surface area contributed by atoms with Gasteiger partial charge in [-0.05, 0) is 49.2 Å². The molecule has 8 heteroatoms. The predicted molar refractivity (Wildman–Crippen MR) is 111 cm³/mol. The van der Waals surface area contributed by atoms with Gasteiger partial charge in [0.2, 0.25) is 11.8 Å². The van der Waals surface area contributed by atoms with Crippen molar-refractivity contribution >= 4 is 35.2 Å². The van der Waals surface area contributed by atoms with Crippen molar-refractivity contribution in [2.45, 2.75) is 24.3 Å². The molecule has 2 amide bonds. The van der Waals surface area contributed by atoms with Gasteiger partial charge in [-0.25, -0.2) is 0 Å². The molecular formula is C21H20ClN3O3S. The highest BCUT2D eigenvalue weighted by molar-refractivity contribution is 8.01. The molecule has 29 heavy (non-hydrogen) atoms. The third-order valence-corrected chi connectivity index (χ3v) is 7.33. The van der Waals surface area contributed by atoms with E-state index in [0.29, 0.717) is 36.7 Å². The smallest absolute Gasteiger partial charge is 0.237 e. The number of likely N-dealkylation sites (tertiary alicyclic amines) is 1. The lowest BCUT2D eigenvalue weighted by Crippen LogP contribution is -2.52. The van der Waals surface area contributed by atoms with Gasteiger partial charge < -0.3 is 14.2 Å². The lowest BCUT2D eigenvalue weighted by atomic mass is 10.0. The molecule has 2 aliphatic rings. The normalized spacial score (nSPS) is 18.3. The number of nitriles is 1. The number of piperidine rings is 1. The zero-order valence-electron chi connectivity index (χ0n) is 15.8. The number of amides is 2. The SMILES string of the molecule is N#Cc1ccc(-c2ccc(CN3C(=O)CSC34CCN(C(=O)CCl)CC4)o2)cc1. The Hall–Kier alpha value is -2.43. The van der Waals surface area contributed by atoms with E-state index in [1.54, 1.807) is 28.8 Å². The Morgan fingerprint density at radius 2 is 1.93 bits per heavy atom. The molecule has 2 fully saturated rings. The van der Waals surface area contributed by atoms with E-state index in [2.05, 4.69) is 6.07 Å². The van der Waals surface area contributed by atoms with E-state index in [0.717, 1.165) is 24.2 Å². The van der Waals surface area contributed by atoms with Crippen LogP contribution in [0.15, 0.2) is 40.8 Å². The summed E-state index contributed by atoms with van der Waals surface area (Å²) in [7, 11) is 0. The topological polar surface area (TPSA) is 77.5 Å². The second-order valence-corrected chi connectivity index (χ2v) is 8.79. The lowest BCUT2D eigenvalue weighted by molar-refractivity contribution is -0.134. The number of furan rings is 1. The van der Waals surface area contributed by atoms with E-state index in [1.165, 1.54) is 0 Å². The number of halogens is 1. The van der Waals surface area contributed by atoms with Gasteiger partial charge in [0, 0.05) is 18.7 Å². The first-order chi connectivity index (χ1) is 14.0. The molecular weight excluding hydrogens is 410 g/mol. The lowest BCUT2D eigenvalue weighted by Gasteiger charge is -2.43. The first-order valence-corrected chi connectivity index (χ1v) is 10.9. The van der Waals surface area contributed by atoms with Crippen molar-refractivity contribution in [2.75, 3.05) is 24.7 Å². The Morgan fingerprint density at radius 3 is 2.59 bits per heavy atom. The molecule has 0 radical (unpaired) electrons. The van der Waals surface area contributed by atoms with Crippen LogP contribution in [0.25, 0.3) is 11.3 Å². The zero-order chi connectivity index (χ0) is 20.4. The first-order valence-electron chi connectivity index (χ1n) is 9.42. The third kappa shape index (κ3) is 3.87. The second-order valence-electron chi connectivity index (χ2n) is 7.18. The minimum atomic E-state index is -0.290. The van der Waals surface area contributed by atoms with E-state index in [1.807, 2.05) is 29.2 Å². The maximum atomic E-state index is 12.6. The fourth-order valence-corrected chi connectivity index (χ4v) is 5.41. The van der Waals surface area contributed by atoms with Crippen molar-refractivity contribution < 1.29 is 14.0 Å². The Kier molecular flexibility index (Phi) is 5.57. The molecule has 6 nitrogen and oxygen atoms in total. The van der Waals surface area contributed by atoms with Crippen molar-refractivity contribution in [1.29, 1.82) is 5.26 Å². The van der Waals surface area contributed by atoms with E-state index in [-0.39, 0.29) is 22.6 Å². The molecule has 0 atom stereocenters. The summed E-state index contributed by atoms with van der Waals surface area (Å²) in [4.78, 5) is 27.8. The number of alkyl halides is 1. The van der Waals surface area contributed by atoms with Crippen LogP contribution in [-0.2, 0) is 16.1 Å². The molecule has 0 aliphatic carbocycles. The van der Waals surface area contributed by atoms with Crippen LogP contribution in [-0.4, -0.2) is 51.2 Å². The highest BCUT2D eigenvalue weighted by Gasteiger charge is 2.48. The fraction of sp³-hybridized carbons (Fsp3) is 0.381. The predicted octanol–water partition coefficient (Wildman–Crippen LogP) is 3.45. The van der Waals surface area contributed by atoms with Crippen molar-refractivity contribution in [1.82, 2.24) is 9.80 Å². The number of hydrogen-bond acceptors (Lipinski definition) is 5. The van der Waals surface area contributed by atoms with Crippen molar-refractivity contribution in [2.24, 2.45) is 0 Å². The standard InChI is InChI=1S/C21H20ClN3O3S/c22-11-19(26)24-9-7-21(8-10-24)25(20(27)14-29-21)13-17-5-6-18(28-17)16-3-1-15(12-23)2-4-16/h1-6H,7-11,13-14H2. The van der Waals surface area contributed by atoms with Gasteiger partial charge >= 0.3 is 0 Å². The molecule has 1 aromatic carbocycles. The number of carbonyl (C=O) groups excluding carboxylic acids is 2. The van der Waals surface area contributed by atoms with Gasteiger partial charge in [-0.15, -0.1) is 23.4 Å². The van der Waals surface area contributed by atoms with Gasteiger partial charge in [0.15, 0.2) is 0 Å². The number of benzene rings is 1. The van der Waals surface area contributed by atoms with Gasteiger partial charge in [0.05, 0.1) is 28.8 Å². The van der Waals surface area contributed by atoms with Crippen LogP contribution in [0.3, 0.4) is 0 Å². The van der Waals surface area contributed by atoms with Gasteiger partial charge in [-0.3, -0.25) is 9.59 Å². The number of nitrogens with zero attached hydrogens (tertiary/aromatic N) is 3. The monoisotopic (exact) mass is 429 g/mol. The molecule has 2 aliphatic heterocycles. The largest absolute Gasteiger partial charge is 0.459 e. The van der Waals surface area contributed by atoms with E-state index in [9.17, 15) is 9.59 Å². The molecule has 0 bridgehead atoms. The van der Waals surface area contributed by atoms with Gasteiger partial charge in [-0.1, -0.05) is 0 Å². The minimum absolute atomic E-state index is 0.00664. The quantitative estimate of drug-likeness (QED) is 0.695. The summed E-state index contributed by atoms with van der Waals surface area (Å²) in [6.07, 6.45) is 1.46. The highest BCUT2D eigenvalue weighted by Crippen LogP contribution is 2.45. The summed E-state index contributed by atoms with van der Waals surface area (Å²) < 4.78 is 6.00. The van der Waals surface area contributed by atoms with Crippen LogP contribution in [0, 0.1) is 11.3 Å². The van der Waals surface area contributed by atoms with Crippen LogP contribution in [0.1, 0.15) is 24.2 Å². The number of rotatable bonds is 4. The van der Waals surface area contributed by atoms with E-state index >= 15 is 0 Å². The Balaban J connectivity index is 1.48. The van der Waals surface area contributed by atoms with Crippen LogP contribution in [0.2, 0.25) is 0 Å². The number of carbonyl (C=O) groups is 2. The van der Waals surface area contributed by atoms with Crippen LogP contribution < -0.4 is 0 Å². The average Bonchev–Trinajstić information content (AvgIpc) is 3.35. The molecule has 4 rings (SSSR count). The Morgan fingerprint density at radius 1 is 1.21 bits per heavy atom. The van der Waals surface area contributed by atoms with Crippen molar-refractivity contribution in [3.63, 3.8) is 0 Å². The maximum Gasteiger partial charge on any atom is 0.237 e. The molecule has 1 spiro atoms. The second kappa shape index (κ2) is 8.13. The number of hydrogen-bond donors (Lipinski definition) is 0. The van der Waals surface area contributed by atoms with Gasteiger partial charge in [0.1, 0.15) is 17.4 Å². The summed E-state index contributed by atoms with van der Waals surface area (Å²) in [5.41, 5.74) is 1.49. The van der Waals surface area contributed by atoms with Gasteiger partial charge in [0.25, 0.3) is 0 Å². The molecule has 2 aromatic rings. The Labute approximate surface area is 178 Å². The van der Waals surface area contributed by atoms with Crippen LogP contribution in [0.4, 0.5) is 0 Å². The zero-order valence-corrected chi connectivity index (χ0v) is 17.3. The summed E-state index contributed by atoms with van der Waals surface area (Å²) in [6, 6.07) is 13.1. The summed E-state index contributed by atoms with van der Waals surface area (Å²) >= 11 is 7.34. The molecule has 1 aromatic heterocycles. The molecule has 0 N–H and O–H groups in total. The third-order valence-electron chi connectivity index (χ3n) is 5.54. The van der Waals surface area contributed by atoms with Crippen molar-refractivity contribution in [3.8, 4) is 17.4 Å². The fourth-order valence-electron chi connectivity index (χ4n) is 3.90. The highest BCUT2D eigenvalue weighted by atomic mass is 35.5. The summed E-state index contributed by atoms with van der Waals surface area (Å²) in [5, 5.41) is 8.93. The van der Waals surface area contributed by atoms with Crippen LogP contribution >= 0.6 is 23.4 Å². The average molecular weight is 430 g/mol. The van der Waals surface area contributed by atoms with Gasteiger partial charge in [-0.2, -0.15) is 5.26 Å². The minimum Gasteiger partial charge on any atom is -0.459 e. The van der Waals surface area contributed by atoms with E-state index in [4.69, 9.17) is 21.3 Å². The molecule has 150 valence electrons. The molecule has 3 heterocycles. The first kappa shape index (κ1) is 19.9. The van der Waals surface area contributed by atoms with Crippen molar-refractivity contribution in [3.05, 3.63) is 47.7 Å². The van der Waals surface area contributed by atoms with Crippen LogP contribution in [0.5, 0.6) is 0 Å². The molecule has 0 saturated carbocycles. The molecule has 2 saturated heterocycles. The maximum absolute atomic E-state index is 12.6. The summed E-state index contributed by atoms with van der Waals surface area (Å²) in [6.45, 7) is 1.62. The molecule has 0 unspecified atom stereocenters. The number of thioether (sulfide) groups is 1.